The summed E-state index contributed by atoms with van der Waals surface area (Å²) < 4.78 is 74.6. The summed E-state index contributed by atoms with van der Waals surface area (Å²) in [6.45, 7) is 0. The van der Waals surface area contributed by atoms with Gasteiger partial charge < -0.3 is 0 Å². The molecule has 0 aliphatic carbocycles. The number of hydrogen-bond donors (Lipinski definition) is 1. The molecule has 8 heteroatoms. The lowest BCUT2D eigenvalue weighted by Crippen LogP contribution is -2.17. The van der Waals surface area contributed by atoms with Crippen molar-refractivity contribution in [3.63, 3.8) is 0 Å². The molecule has 0 saturated carbocycles. The third kappa shape index (κ3) is 2.85. The number of nitriles is 1. The van der Waals surface area contributed by atoms with Crippen LogP contribution in [-0.2, 0) is 12.4 Å². The predicted octanol–water partition coefficient (Wildman–Crippen LogP) is 3.88. The van der Waals surface area contributed by atoms with Crippen LogP contribution >= 0.6 is 12.6 Å². The van der Waals surface area contributed by atoms with Crippen molar-refractivity contribution in [2.45, 2.75) is 17.2 Å². The van der Waals surface area contributed by atoms with E-state index in [9.17, 15) is 26.3 Å². The molecule has 1 aromatic rings. The van der Waals surface area contributed by atoms with Gasteiger partial charge in [0.05, 0.1) is 22.8 Å². The van der Waals surface area contributed by atoms with Crippen molar-refractivity contribution in [2.24, 2.45) is 0 Å². The summed E-state index contributed by atoms with van der Waals surface area (Å²) in [5.41, 5.74) is -4.32. The van der Waals surface area contributed by atoms with Gasteiger partial charge in [-0.2, -0.15) is 31.6 Å². The molecule has 0 aromatic heterocycles. The third-order valence-corrected chi connectivity index (χ3v) is 2.19. The summed E-state index contributed by atoms with van der Waals surface area (Å²) in [5, 5.41) is 8.41. The Balaban J connectivity index is 3.65. The molecule has 17 heavy (non-hydrogen) atoms. The molecule has 92 valence electrons. The van der Waals surface area contributed by atoms with Gasteiger partial charge >= 0.3 is 12.4 Å². The molecular formula is C9H3F6NS. The van der Waals surface area contributed by atoms with E-state index in [1.807, 2.05) is 0 Å². The predicted molar refractivity (Wildman–Crippen MR) is 48.4 cm³/mol. The minimum atomic E-state index is -5.20. The van der Waals surface area contributed by atoms with E-state index >= 15 is 0 Å². The lowest BCUT2D eigenvalue weighted by Gasteiger charge is -2.17. The van der Waals surface area contributed by atoms with Crippen molar-refractivity contribution in [1.29, 1.82) is 5.26 Å². The lowest BCUT2D eigenvalue weighted by atomic mass is 10.0. The van der Waals surface area contributed by atoms with Crippen LogP contribution in [0.15, 0.2) is 17.0 Å². The number of benzene rings is 1. The lowest BCUT2D eigenvalue weighted by molar-refractivity contribution is -0.163. The van der Waals surface area contributed by atoms with Gasteiger partial charge in [-0.05, 0) is 12.1 Å². The average Bonchev–Trinajstić information content (AvgIpc) is 2.12. The van der Waals surface area contributed by atoms with Gasteiger partial charge in [0.2, 0.25) is 0 Å². The first-order chi connectivity index (χ1) is 7.57. The number of rotatable bonds is 0. The molecule has 1 nitrogen and oxygen atoms in total. The summed E-state index contributed by atoms with van der Waals surface area (Å²) in [4.78, 5) is -0.927. The number of nitrogens with zero attached hydrogens (tertiary/aromatic N) is 1. The van der Waals surface area contributed by atoms with Gasteiger partial charge in [-0.3, -0.25) is 0 Å². The molecule has 0 amide bonds. The molecule has 0 bridgehead atoms. The van der Waals surface area contributed by atoms with Crippen LogP contribution in [0.3, 0.4) is 0 Å². The number of halogens is 6. The quantitative estimate of drug-likeness (QED) is 0.561. The Morgan fingerprint density at radius 3 is 1.88 bits per heavy atom. The zero-order valence-corrected chi connectivity index (χ0v) is 8.71. The molecule has 0 aliphatic heterocycles. The summed E-state index contributed by atoms with van der Waals surface area (Å²) in [7, 11) is 0. The highest BCUT2D eigenvalue weighted by Gasteiger charge is 2.44. The molecule has 0 N–H and O–H groups in total. The second kappa shape index (κ2) is 4.14. The normalized spacial score (nSPS) is 12.4. The third-order valence-electron chi connectivity index (χ3n) is 1.84. The Morgan fingerprint density at radius 1 is 1.00 bits per heavy atom. The SMILES string of the molecule is N#Cc1cc(S)c(C(F)(F)F)c(C(F)(F)F)c1. The van der Waals surface area contributed by atoms with Crippen LogP contribution in [0.2, 0.25) is 0 Å². The zero-order chi connectivity index (χ0) is 13.4. The summed E-state index contributed by atoms with van der Waals surface area (Å²) in [5.74, 6) is 0. The maximum Gasteiger partial charge on any atom is 0.418 e. The van der Waals surface area contributed by atoms with Gasteiger partial charge in [-0.25, -0.2) is 0 Å². The van der Waals surface area contributed by atoms with Gasteiger partial charge in [0.15, 0.2) is 0 Å². The van der Waals surface area contributed by atoms with E-state index in [0.29, 0.717) is 6.07 Å². The molecule has 0 spiro atoms. The van der Waals surface area contributed by atoms with Crippen molar-refractivity contribution in [3.8, 4) is 6.07 Å². The summed E-state index contributed by atoms with van der Waals surface area (Å²) in [6.07, 6.45) is -10.4. The van der Waals surface area contributed by atoms with E-state index in [4.69, 9.17) is 5.26 Å². The molecule has 0 radical (unpaired) electrons. The molecular weight excluding hydrogens is 268 g/mol. The standard InChI is InChI=1S/C9H3F6NS/c10-8(11,12)5-1-4(3-16)2-6(17)7(5)9(13,14)15/h1-2,17H. The monoisotopic (exact) mass is 271 g/mol. The van der Waals surface area contributed by atoms with Crippen molar-refractivity contribution in [1.82, 2.24) is 0 Å². The first-order valence-corrected chi connectivity index (χ1v) is 4.43. The molecule has 0 atom stereocenters. The maximum atomic E-state index is 12.4. The van der Waals surface area contributed by atoms with Crippen LogP contribution in [0.1, 0.15) is 16.7 Å². The molecule has 1 rings (SSSR count). The highest BCUT2D eigenvalue weighted by atomic mass is 32.1. The molecule has 1 aromatic carbocycles. The van der Waals surface area contributed by atoms with Crippen molar-refractivity contribution in [2.75, 3.05) is 0 Å². The van der Waals surface area contributed by atoms with E-state index in [2.05, 4.69) is 12.6 Å². The van der Waals surface area contributed by atoms with Gasteiger partial charge in [-0.15, -0.1) is 12.6 Å². The van der Waals surface area contributed by atoms with Crippen molar-refractivity contribution < 1.29 is 26.3 Å². The van der Waals surface area contributed by atoms with Gasteiger partial charge in [0.25, 0.3) is 0 Å². The summed E-state index contributed by atoms with van der Waals surface area (Å²) in [6, 6.07) is 2.14. The first kappa shape index (κ1) is 13.7. The van der Waals surface area contributed by atoms with Crippen molar-refractivity contribution >= 4 is 12.6 Å². The van der Waals surface area contributed by atoms with E-state index < -0.39 is 33.9 Å². The van der Waals surface area contributed by atoms with Crippen LogP contribution in [0.5, 0.6) is 0 Å². The van der Waals surface area contributed by atoms with Crippen LogP contribution < -0.4 is 0 Å². The molecule has 0 unspecified atom stereocenters. The van der Waals surface area contributed by atoms with Gasteiger partial charge in [-0.1, -0.05) is 0 Å². The van der Waals surface area contributed by atoms with E-state index in [1.165, 1.54) is 6.07 Å². The number of hydrogen-bond acceptors (Lipinski definition) is 2. The minimum Gasteiger partial charge on any atom is -0.192 e. The van der Waals surface area contributed by atoms with E-state index in [1.54, 1.807) is 0 Å². The Bertz CT molecular complexity index is 482. The second-order valence-electron chi connectivity index (χ2n) is 3.03. The fourth-order valence-electron chi connectivity index (χ4n) is 1.21. The smallest absolute Gasteiger partial charge is 0.192 e. The highest BCUT2D eigenvalue weighted by Crippen LogP contribution is 2.43. The Hall–Kier alpha value is -1.36. The Labute approximate surface area is 97.1 Å². The second-order valence-corrected chi connectivity index (χ2v) is 3.51. The van der Waals surface area contributed by atoms with Crippen LogP contribution in [0.25, 0.3) is 0 Å². The average molecular weight is 271 g/mol. The van der Waals surface area contributed by atoms with E-state index in [-0.39, 0.29) is 6.07 Å². The van der Waals surface area contributed by atoms with Crippen LogP contribution in [0, 0.1) is 11.3 Å². The largest absolute Gasteiger partial charge is 0.418 e. The number of thiol groups is 1. The topological polar surface area (TPSA) is 23.8 Å². The zero-order valence-electron chi connectivity index (χ0n) is 7.82. The Kier molecular flexibility index (Phi) is 3.34. The van der Waals surface area contributed by atoms with Gasteiger partial charge in [0, 0.05) is 4.90 Å². The summed E-state index contributed by atoms with van der Waals surface area (Å²) >= 11 is 3.35. The highest BCUT2D eigenvalue weighted by molar-refractivity contribution is 7.80. The molecule has 0 aliphatic rings. The maximum absolute atomic E-state index is 12.4. The first-order valence-electron chi connectivity index (χ1n) is 3.99. The van der Waals surface area contributed by atoms with Crippen molar-refractivity contribution in [3.05, 3.63) is 28.8 Å². The fraction of sp³-hybridized carbons (Fsp3) is 0.222. The van der Waals surface area contributed by atoms with Crippen LogP contribution in [-0.4, -0.2) is 0 Å². The number of alkyl halides is 6. The van der Waals surface area contributed by atoms with Crippen LogP contribution in [0.4, 0.5) is 26.3 Å². The fourth-order valence-corrected chi connectivity index (χ4v) is 1.60. The molecule has 0 heterocycles. The van der Waals surface area contributed by atoms with E-state index in [0.717, 1.165) is 0 Å². The minimum absolute atomic E-state index is 0.155. The Morgan fingerprint density at radius 2 is 1.53 bits per heavy atom. The van der Waals surface area contributed by atoms with Gasteiger partial charge in [0.1, 0.15) is 0 Å². The molecule has 0 saturated heterocycles. The molecule has 0 fully saturated rings.